The molecule has 1 saturated carbocycles. The van der Waals surface area contributed by atoms with E-state index in [2.05, 4.69) is 16.0 Å². The van der Waals surface area contributed by atoms with Crippen LogP contribution in [-0.4, -0.2) is 40.9 Å². The predicted molar refractivity (Wildman–Crippen MR) is 125 cm³/mol. The van der Waals surface area contributed by atoms with Gasteiger partial charge in [-0.2, -0.15) is 0 Å². The van der Waals surface area contributed by atoms with E-state index >= 15 is 0 Å². The van der Waals surface area contributed by atoms with Crippen LogP contribution in [-0.2, 0) is 9.59 Å². The number of urea groups is 1. The van der Waals surface area contributed by atoms with Gasteiger partial charge in [0, 0.05) is 27.5 Å². The summed E-state index contributed by atoms with van der Waals surface area (Å²) in [5.41, 5.74) is 1.06. The zero-order valence-corrected chi connectivity index (χ0v) is 18.8. The van der Waals surface area contributed by atoms with Crippen molar-refractivity contribution >= 4 is 52.4 Å². The Hall–Kier alpha value is -2.77. The maximum atomic E-state index is 13.3. The molecule has 2 aromatic rings. The van der Waals surface area contributed by atoms with Crippen LogP contribution in [0.15, 0.2) is 48.5 Å². The summed E-state index contributed by atoms with van der Waals surface area (Å²) < 4.78 is 0. The van der Waals surface area contributed by atoms with Crippen molar-refractivity contribution in [3.8, 4) is 0 Å². The van der Waals surface area contributed by atoms with Crippen LogP contribution in [0.5, 0.6) is 0 Å². The molecule has 2 aromatic carbocycles. The lowest BCUT2D eigenvalue weighted by molar-refractivity contribution is -0.135. The molecule has 1 aliphatic heterocycles. The van der Waals surface area contributed by atoms with E-state index in [0.29, 0.717) is 21.4 Å². The van der Waals surface area contributed by atoms with E-state index in [1.54, 1.807) is 35.2 Å². The molecule has 4 rings (SSSR count). The molecule has 4 amide bonds. The third-order valence-electron chi connectivity index (χ3n) is 5.84. The summed E-state index contributed by atoms with van der Waals surface area (Å²) in [6.07, 6.45) is 3.37. The Balaban J connectivity index is 1.54. The highest BCUT2D eigenvalue weighted by Gasteiger charge is 2.46. The first-order chi connectivity index (χ1) is 15.4. The number of benzene rings is 2. The fourth-order valence-corrected chi connectivity index (χ4v) is 4.98. The zero-order chi connectivity index (χ0) is 22.7. The number of anilines is 2. The van der Waals surface area contributed by atoms with Gasteiger partial charge in [0.1, 0.15) is 6.04 Å². The Kier molecular flexibility index (Phi) is 6.86. The summed E-state index contributed by atoms with van der Waals surface area (Å²) in [6, 6.07) is 12.2. The number of fused-ring (bicyclic) bond motifs is 1. The number of hydrogen-bond donors (Lipinski definition) is 3. The molecule has 0 aromatic heterocycles. The fraction of sp³-hybridized carbons (Fsp3) is 0.348. The Morgan fingerprint density at radius 3 is 2.38 bits per heavy atom. The number of piperazine rings is 1. The quantitative estimate of drug-likeness (QED) is 0.601. The van der Waals surface area contributed by atoms with E-state index in [-0.39, 0.29) is 30.4 Å². The first kappa shape index (κ1) is 22.4. The maximum Gasteiger partial charge on any atom is 0.322 e. The molecule has 9 heteroatoms. The smallest absolute Gasteiger partial charge is 0.322 e. The fourth-order valence-electron chi connectivity index (χ4n) is 4.46. The van der Waals surface area contributed by atoms with Gasteiger partial charge in [-0.15, -0.1) is 0 Å². The second-order valence-electron chi connectivity index (χ2n) is 8.10. The van der Waals surface area contributed by atoms with Crippen molar-refractivity contribution < 1.29 is 14.4 Å². The molecule has 7 nitrogen and oxygen atoms in total. The van der Waals surface area contributed by atoms with Gasteiger partial charge in [0.05, 0.1) is 12.5 Å². The van der Waals surface area contributed by atoms with E-state index in [1.807, 2.05) is 18.2 Å². The SMILES string of the molecule is O=C(C[C@@H]1C(=O)N[C@H]2CCCC[C@H]2N1C(=O)Nc1ccccc1)Nc1cc(Cl)cc(Cl)c1. The number of nitrogens with zero attached hydrogens (tertiary/aromatic N) is 1. The molecule has 2 aliphatic rings. The second-order valence-corrected chi connectivity index (χ2v) is 8.97. The van der Waals surface area contributed by atoms with Gasteiger partial charge >= 0.3 is 6.03 Å². The van der Waals surface area contributed by atoms with Crippen molar-refractivity contribution in [3.63, 3.8) is 0 Å². The van der Waals surface area contributed by atoms with E-state index in [0.717, 1.165) is 25.7 Å². The van der Waals surface area contributed by atoms with E-state index in [4.69, 9.17) is 23.2 Å². The van der Waals surface area contributed by atoms with Crippen LogP contribution in [0.4, 0.5) is 16.2 Å². The lowest BCUT2D eigenvalue weighted by Crippen LogP contribution is -2.68. The van der Waals surface area contributed by atoms with Crippen LogP contribution in [0.3, 0.4) is 0 Å². The number of nitrogens with one attached hydrogen (secondary N) is 3. The largest absolute Gasteiger partial charge is 0.349 e. The second kappa shape index (κ2) is 9.79. The molecule has 3 N–H and O–H groups in total. The van der Waals surface area contributed by atoms with Crippen LogP contribution < -0.4 is 16.0 Å². The van der Waals surface area contributed by atoms with Crippen LogP contribution in [0.25, 0.3) is 0 Å². The van der Waals surface area contributed by atoms with Crippen LogP contribution in [0, 0.1) is 0 Å². The number of carbonyl (C=O) groups is 3. The average Bonchev–Trinajstić information content (AvgIpc) is 2.74. The minimum absolute atomic E-state index is 0.108. The molecule has 1 saturated heterocycles. The first-order valence-corrected chi connectivity index (χ1v) is 11.4. The summed E-state index contributed by atoms with van der Waals surface area (Å²) in [4.78, 5) is 40.6. The monoisotopic (exact) mass is 474 g/mol. The van der Waals surface area contributed by atoms with Crippen molar-refractivity contribution in [2.75, 3.05) is 10.6 Å². The molecule has 1 aliphatic carbocycles. The summed E-state index contributed by atoms with van der Waals surface area (Å²) in [5.74, 6) is -0.731. The lowest BCUT2D eigenvalue weighted by atomic mass is 9.85. The molecular weight excluding hydrogens is 451 g/mol. The highest BCUT2D eigenvalue weighted by molar-refractivity contribution is 6.35. The van der Waals surface area contributed by atoms with Crippen LogP contribution in [0.2, 0.25) is 10.0 Å². The van der Waals surface area contributed by atoms with E-state index in [9.17, 15) is 14.4 Å². The number of amides is 4. The molecule has 3 atom stereocenters. The molecule has 32 heavy (non-hydrogen) atoms. The van der Waals surface area contributed by atoms with Gasteiger partial charge in [-0.3, -0.25) is 9.59 Å². The molecular formula is C23H24Cl2N4O3. The highest BCUT2D eigenvalue weighted by Crippen LogP contribution is 2.30. The Morgan fingerprint density at radius 2 is 1.66 bits per heavy atom. The molecule has 0 unspecified atom stereocenters. The van der Waals surface area contributed by atoms with Crippen LogP contribution in [0.1, 0.15) is 32.1 Å². The Morgan fingerprint density at radius 1 is 0.969 bits per heavy atom. The van der Waals surface area contributed by atoms with Crippen molar-refractivity contribution in [2.24, 2.45) is 0 Å². The van der Waals surface area contributed by atoms with E-state index in [1.165, 1.54) is 0 Å². The first-order valence-electron chi connectivity index (χ1n) is 10.6. The zero-order valence-electron chi connectivity index (χ0n) is 17.3. The summed E-state index contributed by atoms with van der Waals surface area (Å²) in [7, 11) is 0. The van der Waals surface area contributed by atoms with Gasteiger partial charge in [0.15, 0.2) is 0 Å². The maximum absolute atomic E-state index is 13.3. The molecule has 0 spiro atoms. The highest BCUT2D eigenvalue weighted by atomic mass is 35.5. The van der Waals surface area contributed by atoms with E-state index < -0.39 is 11.9 Å². The predicted octanol–water partition coefficient (Wildman–Crippen LogP) is 4.67. The minimum Gasteiger partial charge on any atom is -0.349 e. The molecule has 2 fully saturated rings. The molecule has 168 valence electrons. The third-order valence-corrected chi connectivity index (χ3v) is 6.27. The van der Waals surface area contributed by atoms with Crippen molar-refractivity contribution in [3.05, 3.63) is 58.6 Å². The number of carbonyl (C=O) groups excluding carboxylic acids is 3. The number of para-hydroxylation sites is 1. The Bertz CT molecular complexity index is 997. The molecule has 1 heterocycles. The van der Waals surface area contributed by atoms with Crippen molar-refractivity contribution in [2.45, 2.75) is 50.2 Å². The summed E-state index contributed by atoms with van der Waals surface area (Å²) in [5, 5.41) is 9.39. The van der Waals surface area contributed by atoms with Gasteiger partial charge in [0.25, 0.3) is 0 Å². The van der Waals surface area contributed by atoms with Gasteiger partial charge in [0.2, 0.25) is 11.8 Å². The summed E-state index contributed by atoms with van der Waals surface area (Å²) in [6.45, 7) is 0. The van der Waals surface area contributed by atoms with Gasteiger partial charge in [-0.25, -0.2) is 4.79 Å². The van der Waals surface area contributed by atoms with Crippen LogP contribution >= 0.6 is 23.2 Å². The topological polar surface area (TPSA) is 90.5 Å². The van der Waals surface area contributed by atoms with Gasteiger partial charge < -0.3 is 20.9 Å². The molecule has 0 radical (unpaired) electrons. The van der Waals surface area contributed by atoms with Gasteiger partial charge in [-0.1, -0.05) is 54.2 Å². The minimum atomic E-state index is -0.923. The molecule has 0 bridgehead atoms. The van der Waals surface area contributed by atoms with Crippen molar-refractivity contribution in [1.82, 2.24) is 10.2 Å². The normalized spacial score (nSPS) is 22.5. The number of rotatable bonds is 4. The Labute approximate surface area is 196 Å². The third kappa shape index (κ3) is 5.16. The summed E-state index contributed by atoms with van der Waals surface area (Å²) >= 11 is 12.0. The lowest BCUT2D eigenvalue weighted by Gasteiger charge is -2.47. The number of hydrogen-bond acceptors (Lipinski definition) is 3. The number of halogens is 2. The average molecular weight is 475 g/mol. The standard InChI is InChI=1S/C23H24Cl2N4O3/c24-14-10-15(25)12-17(11-14)26-21(30)13-20-22(31)28-18-8-4-5-9-19(18)29(20)23(32)27-16-6-2-1-3-7-16/h1-3,6-7,10-12,18-20H,4-5,8-9,13H2,(H,26,30)(H,27,32)(H,28,31)/t18-,19+,20+/m0/s1. The van der Waals surface area contributed by atoms with Crippen molar-refractivity contribution in [1.29, 1.82) is 0 Å². The van der Waals surface area contributed by atoms with Gasteiger partial charge in [-0.05, 0) is 43.2 Å².